The first-order chi connectivity index (χ1) is 20.5. The van der Waals surface area contributed by atoms with Crippen LogP contribution in [0.2, 0.25) is 0 Å². The van der Waals surface area contributed by atoms with Gasteiger partial charge in [0, 0.05) is 5.56 Å². The molecule has 0 aliphatic heterocycles. The van der Waals surface area contributed by atoms with Crippen LogP contribution in [0, 0.1) is 35.2 Å². The summed E-state index contributed by atoms with van der Waals surface area (Å²) in [5, 5.41) is 0. The van der Waals surface area contributed by atoms with Crippen LogP contribution in [0.3, 0.4) is 0 Å². The van der Waals surface area contributed by atoms with Gasteiger partial charge < -0.3 is 0 Å². The van der Waals surface area contributed by atoms with E-state index in [0.29, 0.717) is 23.5 Å². The van der Waals surface area contributed by atoms with Crippen molar-refractivity contribution in [1.29, 1.82) is 0 Å². The monoisotopic (exact) mass is 574 g/mol. The first-order valence-corrected chi connectivity index (χ1v) is 16.9. The summed E-state index contributed by atoms with van der Waals surface area (Å²) >= 11 is 0. The second-order valence-electron chi connectivity index (χ2n) is 13.2. The maximum atomic E-state index is 15.4. The lowest BCUT2D eigenvalue weighted by molar-refractivity contribution is 0.155. The van der Waals surface area contributed by atoms with Crippen molar-refractivity contribution < 1.29 is 13.2 Å². The van der Waals surface area contributed by atoms with Gasteiger partial charge in [-0.05, 0) is 109 Å². The van der Waals surface area contributed by atoms with Gasteiger partial charge in [-0.3, -0.25) is 0 Å². The molecule has 0 amide bonds. The first kappa shape index (κ1) is 30.9. The van der Waals surface area contributed by atoms with Crippen molar-refractivity contribution in [3.05, 3.63) is 83.2 Å². The third kappa shape index (κ3) is 7.32. The second kappa shape index (κ2) is 14.8. The van der Waals surface area contributed by atoms with Crippen LogP contribution in [-0.4, -0.2) is 0 Å². The topological polar surface area (TPSA) is 0 Å². The van der Waals surface area contributed by atoms with Crippen molar-refractivity contribution in [2.45, 2.75) is 116 Å². The largest absolute Gasteiger partial charge is 0.207 e. The molecule has 2 aliphatic rings. The molecule has 5 rings (SSSR count). The highest BCUT2D eigenvalue weighted by Gasteiger charge is 2.32. The van der Waals surface area contributed by atoms with Gasteiger partial charge in [-0.1, -0.05) is 107 Å². The number of benzene rings is 3. The number of rotatable bonds is 11. The van der Waals surface area contributed by atoms with Crippen LogP contribution in [-0.2, 0) is 6.42 Å². The standard InChI is InChI=1S/C39H49F3/c1-3-5-7-8-27-10-12-28(13-11-27)29-14-18-31(19-15-29)35-24-23-34(26-37(35)40)30-16-20-32(21-17-30)36-25-22-33(9-6-4-2)38(41)39(36)42/h16-17,20-29,31H,3-15,18-19H2,1-2H3. The average molecular weight is 575 g/mol. The van der Waals surface area contributed by atoms with Crippen molar-refractivity contribution in [2.24, 2.45) is 17.8 Å². The van der Waals surface area contributed by atoms with Gasteiger partial charge in [-0.25, -0.2) is 13.2 Å². The van der Waals surface area contributed by atoms with Gasteiger partial charge in [0.2, 0.25) is 0 Å². The van der Waals surface area contributed by atoms with E-state index in [9.17, 15) is 8.78 Å². The molecule has 3 aromatic rings. The summed E-state index contributed by atoms with van der Waals surface area (Å²) in [7, 11) is 0. The van der Waals surface area contributed by atoms with Crippen LogP contribution < -0.4 is 0 Å². The molecule has 2 fully saturated rings. The molecule has 3 heteroatoms. The molecule has 226 valence electrons. The van der Waals surface area contributed by atoms with E-state index in [0.717, 1.165) is 60.1 Å². The third-order valence-electron chi connectivity index (χ3n) is 10.5. The summed E-state index contributed by atoms with van der Waals surface area (Å²) in [4.78, 5) is 0. The number of hydrogen-bond donors (Lipinski definition) is 0. The van der Waals surface area contributed by atoms with Gasteiger partial charge in [0.1, 0.15) is 5.82 Å². The molecule has 2 saturated carbocycles. The molecule has 0 nitrogen and oxygen atoms in total. The van der Waals surface area contributed by atoms with Crippen molar-refractivity contribution in [3.8, 4) is 22.3 Å². The Hall–Kier alpha value is -2.55. The Morgan fingerprint density at radius 2 is 1.21 bits per heavy atom. The van der Waals surface area contributed by atoms with Crippen LogP contribution in [0.1, 0.15) is 121 Å². The maximum absolute atomic E-state index is 15.4. The van der Waals surface area contributed by atoms with E-state index in [1.54, 1.807) is 30.3 Å². The maximum Gasteiger partial charge on any atom is 0.166 e. The molecule has 0 heterocycles. The van der Waals surface area contributed by atoms with Gasteiger partial charge in [-0.15, -0.1) is 0 Å². The summed E-state index contributed by atoms with van der Waals surface area (Å²) < 4.78 is 44.9. The zero-order chi connectivity index (χ0) is 29.5. The highest BCUT2D eigenvalue weighted by molar-refractivity contribution is 5.71. The fraction of sp³-hybridized carbons (Fsp3) is 0.538. The van der Waals surface area contributed by atoms with E-state index in [2.05, 4.69) is 6.92 Å². The van der Waals surface area contributed by atoms with Crippen LogP contribution in [0.25, 0.3) is 22.3 Å². The van der Waals surface area contributed by atoms with Crippen LogP contribution in [0.4, 0.5) is 13.2 Å². The third-order valence-corrected chi connectivity index (χ3v) is 10.5. The number of aryl methyl sites for hydroxylation is 1. The smallest absolute Gasteiger partial charge is 0.166 e. The number of hydrogen-bond acceptors (Lipinski definition) is 0. The van der Waals surface area contributed by atoms with E-state index in [4.69, 9.17) is 0 Å². The molecule has 0 unspecified atom stereocenters. The summed E-state index contributed by atoms with van der Waals surface area (Å²) in [6, 6.07) is 16.3. The zero-order valence-electron chi connectivity index (χ0n) is 25.7. The summed E-state index contributed by atoms with van der Waals surface area (Å²) in [6.45, 7) is 4.32. The Kier molecular flexibility index (Phi) is 10.9. The highest BCUT2D eigenvalue weighted by Crippen LogP contribution is 2.45. The normalized spacial score (nSPS) is 22.8. The van der Waals surface area contributed by atoms with Crippen molar-refractivity contribution in [2.75, 3.05) is 0 Å². The average Bonchev–Trinajstić information content (AvgIpc) is 3.02. The Morgan fingerprint density at radius 3 is 1.86 bits per heavy atom. The Balaban J connectivity index is 1.17. The number of halogens is 3. The lowest BCUT2D eigenvalue weighted by Crippen LogP contribution is -2.25. The van der Waals surface area contributed by atoms with Crippen molar-refractivity contribution in [3.63, 3.8) is 0 Å². The predicted octanol–water partition coefficient (Wildman–Crippen LogP) is 12.4. The molecule has 2 aliphatic carbocycles. The second-order valence-corrected chi connectivity index (χ2v) is 13.2. The van der Waals surface area contributed by atoms with E-state index in [1.807, 2.05) is 31.2 Å². The molecular weight excluding hydrogens is 525 g/mol. The predicted molar refractivity (Wildman–Crippen MR) is 170 cm³/mol. The Labute approximate surface area is 252 Å². The first-order valence-electron chi connectivity index (χ1n) is 16.9. The lowest BCUT2D eigenvalue weighted by Gasteiger charge is -2.38. The molecule has 0 N–H and O–H groups in total. The molecule has 3 aromatic carbocycles. The summed E-state index contributed by atoms with van der Waals surface area (Å²) in [5.41, 5.74) is 3.85. The fourth-order valence-corrected chi connectivity index (χ4v) is 7.79. The lowest BCUT2D eigenvalue weighted by atomic mass is 9.68. The van der Waals surface area contributed by atoms with Crippen LogP contribution in [0.15, 0.2) is 54.6 Å². The molecule has 0 spiro atoms. The zero-order valence-corrected chi connectivity index (χ0v) is 25.7. The minimum Gasteiger partial charge on any atom is -0.207 e. The molecule has 0 aromatic heterocycles. The molecule has 0 radical (unpaired) electrons. The molecule has 0 saturated heterocycles. The minimum absolute atomic E-state index is 0.122. The van der Waals surface area contributed by atoms with Gasteiger partial charge in [0.05, 0.1) is 0 Å². The van der Waals surface area contributed by atoms with Crippen molar-refractivity contribution in [1.82, 2.24) is 0 Å². The van der Waals surface area contributed by atoms with Gasteiger partial charge in [-0.2, -0.15) is 0 Å². The SMILES string of the molecule is CCCCCC1CCC(C2CCC(c3ccc(-c4ccc(-c5ccc(CCCC)c(F)c5F)cc4)cc3F)CC2)CC1. The van der Waals surface area contributed by atoms with E-state index in [1.165, 1.54) is 64.2 Å². The fourth-order valence-electron chi connectivity index (χ4n) is 7.79. The van der Waals surface area contributed by atoms with E-state index in [-0.39, 0.29) is 11.4 Å². The molecule has 0 atom stereocenters. The van der Waals surface area contributed by atoms with Crippen molar-refractivity contribution >= 4 is 0 Å². The van der Waals surface area contributed by atoms with Crippen LogP contribution in [0.5, 0.6) is 0 Å². The summed E-state index contributed by atoms with van der Waals surface area (Å²) in [5.74, 6) is 1.30. The van der Waals surface area contributed by atoms with Gasteiger partial charge >= 0.3 is 0 Å². The molecule has 0 bridgehead atoms. The van der Waals surface area contributed by atoms with Crippen LogP contribution >= 0.6 is 0 Å². The Morgan fingerprint density at radius 1 is 0.595 bits per heavy atom. The number of unbranched alkanes of at least 4 members (excludes halogenated alkanes) is 3. The molecular formula is C39H49F3. The van der Waals surface area contributed by atoms with Gasteiger partial charge in [0.25, 0.3) is 0 Å². The van der Waals surface area contributed by atoms with Gasteiger partial charge in [0.15, 0.2) is 11.6 Å². The highest BCUT2D eigenvalue weighted by atomic mass is 19.2. The van der Waals surface area contributed by atoms with E-state index >= 15 is 4.39 Å². The van der Waals surface area contributed by atoms with E-state index < -0.39 is 11.6 Å². The quantitative estimate of drug-likeness (QED) is 0.200. The summed E-state index contributed by atoms with van der Waals surface area (Å²) in [6.07, 6.45) is 18.1. The molecule has 42 heavy (non-hydrogen) atoms. The Bertz CT molecular complexity index is 1280. The minimum atomic E-state index is -0.795.